The number of piperidine rings is 1. The Morgan fingerprint density at radius 3 is 3.06 bits per heavy atom. The third-order valence-corrected chi connectivity index (χ3v) is 4.35. The average Bonchev–Trinajstić information content (AvgIpc) is 2.66. The molecule has 0 spiro atoms. The number of hydrogen-bond acceptors (Lipinski definition) is 4. The Morgan fingerprint density at radius 2 is 2.28 bits per heavy atom. The molecule has 2 atom stereocenters. The Labute approximate surface area is 108 Å². The van der Waals surface area contributed by atoms with E-state index < -0.39 is 0 Å². The summed E-state index contributed by atoms with van der Waals surface area (Å²) in [4.78, 5) is 8.73. The lowest BCUT2D eigenvalue weighted by atomic mass is 9.87. The third-order valence-electron chi connectivity index (χ3n) is 4.35. The highest BCUT2D eigenvalue weighted by atomic mass is 15.2. The van der Waals surface area contributed by atoms with Crippen LogP contribution in [-0.4, -0.2) is 36.6 Å². The van der Waals surface area contributed by atoms with Crippen molar-refractivity contribution in [2.45, 2.75) is 6.42 Å². The molecule has 0 radical (unpaired) electrons. The molecule has 2 N–H and O–H groups in total. The number of nitrogens with zero attached hydrogens (tertiary/aromatic N) is 3. The van der Waals surface area contributed by atoms with Crippen LogP contribution in [0.25, 0.3) is 0 Å². The average molecular weight is 244 g/mol. The summed E-state index contributed by atoms with van der Waals surface area (Å²) in [5.41, 5.74) is 9.18. The van der Waals surface area contributed by atoms with Crippen LogP contribution in [0.15, 0.2) is 30.7 Å². The summed E-state index contributed by atoms with van der Waals surface area (Å²) in [7, 11) is 2.14. The van der Waals surface area contributed by atoms with Crippen LogP contribution < -0.4 is 10.6 Å². The van der Waals surface area contributed by atoms with Crippen molar-refractivity contribution in [3.63, 3.8) is 0 Å². The van der Waals surface area contributed by atoms with Gasteiger partial charge in [0.15, 0.2) is 0 Å². The molecule has 2 fully saturated rings. The lowest BCUT2D eigenvalue weighted by Crippen LogP contribution is -2.39. The predicted octanol–water partition coefficient (Wildman–Crippen LogP) is 1.57. The van der Waals surface area contributed by atoms with E-state index in [1.165, 1.54) is 12.1 Å². The van der Waals surface area contributed by atoms with Gasteiger partial charge in [-0.25, -0.2) is 0 Å². The first-order valence-electron chi connectivity index (χ1n) is 6.51. The zero-order valence-corrected chi connectivity index (χ0v) is 10.8. The zero-order valence-electron chi connectivity index (χ0n) is 10.8. The topological polar surface area (TPSA) is 45.4 Å². The number of aromatic nitrogens is 1. The molecule has 4 heteroatoms. The second-order valence-corrected chi connectivity index (χ2v) is 5.41. The molecule has 3 heterocycles. The number of pyridine rings is 1. The highest BCUT2D eigenvalue weighted by molar-refractivity contribution is 5.66. The first-order valence-corrected chi connectivity index (χ1v) is 6.51. The summed E-state index contributed by atoms with van der Waals surface area (Å²) >= 11 is 0. The maximum atomic E-state index is 6.01. The van der Waals surface area contributed by atoms with Gasteiger partial charge in [-0.3, -0.25) is 4.98 Å². The van der Waals surface area contributed by atoms with Crippen LogP contribution in [0, 0.1) is 11.8 Å². The van der Waals surface area contributed by atoms with Gasteiger partial charge in [0.1, 0.15) is 0 Å². The zero-order chi connectivity index (χ0) is 12.7. The smallest absolute Gasteiger partial charge is 0.0738 e. The van der Waals surface area contributed by atoms with Crippen LogP contribution in [0.3, 0.4) is 0 Å². The monoisotopic (exact) mass is 244 g/mol. The van der Waals surface area contributed by atoms with Crippen LogP contribution in [0.5, 0.6) is 0 Å². The molecule has 0 bridgehead atoms. The fourth-order valence-electron chi connectivity index (χ4n) is 3.25. The van der Waals surface area contributed by atoms with Crippen LogP contribution in [-0.2, 0) is 0 Å². The van der Waals surface area contributed by atoms with Crippen molar-refractivity contribution in [3.05, 3.63) is 30.7 Å². The molecule has 0 aliphatic carbocycles. The van der Waals surface area contributed by atoms with Gasteiger partial charge in [0.2, 0.25) is 0 Å². The van der Waals surface area contributed by atoms with Gasteiger partial charge in [-0.1, -0.05) is 6.58 Å². The summed E-state index contributed by atoms with van der Waals surface area (Å²) in [6, 6.07) is 2.01. The number of hydrogen-bond donors (Lipinski definition) is 1. The lowest BCUT2D eigenvalue weighted by molar-refractivity contribution is 0.353. The van der Waals surface area contributed by atoms with Gasteiger partial charge in [0.25, 0.3) is 0 Å². The molecule has 0 aromatic carbocycles. The van der Waals surface area contributed by atoms with E-state index in [9.17, 15) is 0 Å². The fourth-order valence-corrected chi connectivity index (χ4v) is 3.25. The van der Waals surface area contributed by atoms with E-state index in [0.29, 0.717) is 5.92 Å². The second kappa shape index (κ2) is 4.19. The van der Waals surface area contributed by atoms with Gasteiger partial charge in [-0.05, 0) is 18.4 Å². The van der Waals surface area contributed by atoms with E-state index in [2.05, 4.69) is 28.4 Å². The van der Waals surface area contributed by atoms with Crippen LogP contribution in [0.2, 0.25) is 0 Å². The molecule has 0 amide bonds. The van der Waals surface area contributed by atoms with Crippen LogP contribution in [0.1, 0.15) is 6.42 Å². The summed E-state index contributed by atoms with van der Waals surface area (Å²) < 4.78 is 0. The molecule has 18 heavy (non-hydrogen) atoms. The fraction of sp³-hybridized carbons (Fsp3) is 0.500. The van der Waals surface area contributed by atoms with Gasteiger partial charge >= 0.3 is 0 Å². The Balaban J connectivity index is 1.82. The molecule has 2 aliphatic heterocycles. The van der Waals surface area contributed by atoms with Crippen molar-refractivity contribution in [1.29, 1.82) is 0 Å². The van der Waals surface area contributed by atoms with Gasteiger partial charge in [0.05, 0.1) is 17.6 Å². The summed E-state index contributed by atoms with van der Waals surface area (Å²) in [5.74, 6) is 1.35. The normalized spacial score (nSPS) is 27.5. The molecule has 4 nitrogen and oxygen atoms in total. The molecule has 0 unspecified atom stereocenters. The van der Waals surface area contributed by atoms with Crippen molar-refractivity contribution in [2.24, 2.45) is 11.8 Å². The minimum Gasteiger partial charge on any atom is -0.396 e. The maximum absolute atomic E-state index is 6.01. The number of rotatable bonds is 1. The number of fused-ring (bicyclic) bond motifs is 1. The maximum Gasteiger partial charge on any atom is 0.0738 e. The van der Waals surface area contributed by atoms with Crippen molar-refractivity contribution in [1.82, 2.24) is 9.88 Å². The Bertz CT molecular complexity index is 471. The number of likely N-dealkylation sites (tertiary alicyclic amines) is 1. The van der Waals surface area contributed by atoms with Crippen molar-refractivity contribution in [2.75, 3.05) is 37.3 Å². The molecule has 2 aliphatic rings. The molecule has 2 saturated heterocycles. The van der Waals surface area contributed by atoms with E-state index in [-0.39, 0.29) is 0 Å². The molecule has 1 aromatic rings. The summed E-state index contributed by atoms with van der Waals surface area (Å²) in [6.45, 7) is 7.49. The molecule has 0 saturated carbocycles. The first-order chi connectivity index (χ1) is 8.66. The van der Waals surface area contributed by atoms with E-state index in [1.807, 2.05) is 12.3 Å². The van der Waals surface area contributed by atoms with E-state index >= 15 is 0 Å². The Morgan fingerprint density at radius 1 is 1.44 bits per heavy atom. The minimum absolute atomic E-state index is 0.580. The lowest BCUT2D eigenvalue weighted by Gasteiger charge is -2.36. The summed E-state index contributed by atoms with van der Waals surface area (Å²) in [5, 5.41) is 0. The minimum atomic E-state index is 0.580. The number of nitrogens with two attached hydrogens (primary N) is 1. The van der Waals surface area contributed by atoms with Gasteiger partial charge < -0.3 is 15.5 Å². The first kappa shape index (κ1) is 11.4. The van der Waals surface area contributed by atoms with E-state index in [0.717, 1.165) is 36.9 Å². The van der Waals surface area contributed by atoms with Crippen LogP contribution >= 0.6 is 0 Å². The van der Waals surface area contributed by atoms with E-state index in [4.69, 9.17) is 5.73 Å². The van der Waals surface area contributed by atoms with Crippen LogP contribution in [0.4, 0.5) is 11.4 Å². The van der Waals surface area contributed by atoms with E-state index in [1.54, 1.807) is 6.20 Å². The predicted molar refractivity (Wildman–Crippen MR) is 74.2 cm³/mol. The van der Waals surface area contributed by atoms with Gasteiger partial charge in [0, 0.05) is 44.5 Å². The Kier molecular flexibility index (Phi) is 2.65. The van der Waals surface area contributed by atoms with Gasteiger partial charge in [-0.15, -0.1) is 0 Å². The summed E-state index contributed by atoms with van der Waals surface area (Å²) in [6.07, 6.45) is 4.76. The largest absolute Gasteiger partial charge is 0.396 e. The number of anilines is 2. The van der Waals surface area contributed by atoms with Crippen molar-refractivity contribution >= 4 is 11.4 Å². The standard InChI is InChI=1S/C14H20N4/c1-10-12-9-18(6-4-11(12)8-17(10)2)14-3-5-16-7-13(14)15/h3,5,7,11-12H,1,4,6,8-9,15H2,2H3/t11-,12+/m0/s1. The quantitative estimate of drug-likeness (QED) is 0.814. The second-order valence-electron chi connectivity index (χ2n) is 5.41. The Hall–Kier alpha value is -1.71. The van der Waals surface area contributed by atoms with Crippen molar-refractivity contribution in [3.8, 4) is 0 Å². The molecular formula is C14H20N4. The third kappa shape index (κ3) is 1.72. The van der Waals surface area contributed by atoms with Gasteiger partial charge in [-0.2, -0.15) is 0 Å². The highest BCUT2D eigenvalue weighted by Crippen LogP contribution is 2.39. The molecule has 96 valence electrons. The molecule has 3 rings (SSSR count). The highest BCUT2D eigenvalue weighted by Gasteiger charge is 2.38. The SMILES string of the molecule is C=C1[C@H]2CN(c3ccncc3N)CC[C@H]2CN1C. The molecule has 1 aromatic heterocycles. The number of nitrogen functional groups attached to an aromatic ring is 1. The molecular weight excluding hydrogens is 224 g/mol. The van der Waals surface area contributed by atoms with Crippen molar-refractivity contribution < 1.29 is 0 Å².